The van der Waals surface area contributed by atoms with Crippen LogP contribution in [0.2, 0.25) is 0 Å². The van der Waals surface area contributed by atoms with Crippen molar-refractivity contribution in [1.82, 2.24) is 0 Å². The fourth-order valence-corrected chi connectivity index (χ4v) is 0.859. The molecule has 3 nitrogen and oxygen atoms in total. The smallest absolute Gasteiger partial charge is 0.299 e. The number of Topliss-reactive ketones (excluding diaryl/α,β-unsaturated/α-hetero) is 3. The molecule has 4 heteroatoms. The average Bonchev–Trinajstić information content (AvgIpc) is 1.59. The maximum Gasteiger partial charge on any atom is 2.00 e. The van der Waals surface area contributed by atoms with Gasteiger partial charge in [0.15, 0.2) is 0 Å². The van der Waals surface area contributed by atoms with Crippen molar-refractivity contribution in [2.75, 3.05) is 0 Å². The largest absolute Gasteiger partial charge is 2.00 e. The van der Waals surface area contributed by atoms with Gasteiger partial charge in [-0.05, 0) is 20.8 Å². The molecule has 0 atom stereocenters. The molecule has 0 heterocycles. The molecule has 0 spiro atoms. The van der Waals surface area contributed by atoms with Gasteiger partial charge in [-0.15, -0.1) is 0 Å². The van der Waals surface area contributed by atoms with E-state index in [-0.39, 0.29) is 33.8 Å². The molecule has 0 amide bonds. The molecule has 0 bridgehead atoms. The van der Waals surface area contributed by atoms with E-state index >= 15 is 0 Å². The fourth-order valence-electron chi connectivity index (χ4n) is 0.859. The summed E-state index contributed by atoms with van der Waals surface area (Å²) in [7, 11) is 0. The molecule has 0 fully saturated rings. The van der Waals surface area contributed by atoms with E-state index in [1.807, 2.05) is 0 Å². The van der Waals surface area contributed by atoms with Gasteiger partial charge in [0.1, 0.15) is 23.3 Å². The van der Waals surface area contributed by atoms with Crippen molar-refractivity contribution < 1.29 is 30.9 Å². The number of ketones is 3. The summed E-state index contributed by atoms with van der Waals surface area (Å²) >= 11 is 0. The molecule has 0 aliphatic rings. The topological polar surface area (TPSA) is 51.2 Å². The molecule has 0 aliphatic carbocycles. The Kier molecular flexibility index (Phi) is 6.19. The Labute approximate surface area is 75.5 Å². The van der Waals surface area contributed by atoms with Crippen LogP contribution in [0.25, 0.3) is 0 Å². The van der Waals surface area contributed by atoms with E-state index < -0.39 is 5.92 Å². The molecule has 0 saturated carbocycles. The quantitative estimate of drug-likeness (QED) is 0.489. The maximum absolute atomic E-state index is 10.6. The van der Waals surface area contributed by atoms with E-state index in [2.05, 4.69) is 0 Å². The maximum atomic E-state index is 10.6. The molecule has 0 radical (unpaired) electrons. The number of hydrogen-bond acceptors (Lipinski definition) is 3. The zero-order valence-electron chi connectivity index (χ0n) is 6.62. The van der Waals surface area contributed by atoms with Crippen molar-refractivity contribution in [1.29, 1.82) is 0 Å². The van der Waals surface area contributed by atoms with Crippen LogP contribution in [0, 0.1) is 5.92 Å². The van der Waals surface area contributed by atoms with Crippen LogP contribution in [-0.4, -0.2) is 17.3 Å². The first-order valence-electron chi connectivity index (χ1n) is 2.98. The van der Waals surface area contributed by atoms with Gasteiger partial charge in [-0.25, -0.2) is 0 Å². The van der Waals surface area contributed by atoms with Crippen LogP contribution in [-0.2, 0) is 30.9 Å². The zero-order valence-corrected chi connectivity index (χ0v) is 7.61. The summed E-state index contributed by atoms with van der Waals surface area (Å²) in [4.78, 5) is 31.8. The Morgan fingerprint density at radius 3 is 1.00 bits per heavy atom. The standard InChI is InChI=1S/C7H10O3.Ni/c1-4(8)7(5(2)9)6(3)10;/h7H,1-3H3;/q;+2. The first-order chi connectivity index (χ1) is 4.46. The van der Waals surface area contributed by atoms with E-state index in [1.54, 1.807) is 0 Å². The first kappa shape index (κ1) is 13.1. The van der Waals surface area contributed by atoms with E-state index in [0.29, 0.717) is 0 Å². The van der Waals surface area contributed by atoms with Crippen molar-refractivity contribution in [2.24, 2.45) is 5.92 Å². The normalized spacial score (nSPS) is 8.73. The first-order valence-corrected chi connectivity index (χ1v) is 2.98. The summed E-state index contributed by atoms with van der Waals surface area (Å²) in [5.41, 5.74) is 0. The van der Waals surface area contributed by atoms with Gasteiger partial charge >= 0.3 is 16.5 Å². The third-order valence-electron chi connectivity index (χ3n) is 1.22. The van der Waals surface area contributed by atoms with Crippen molar-refractivity contribution in [3.8, 4) is 0 Å². The molecule has 0 aliphatic heterocycles. The van der Waals surface area contributed by atoms with Gasteiger partial charge in [-0.1, -0.05) is 0 Å². The van der Waals surface area contributed by atoms with E-state index in [9.17, 15) is 14.4 Å². The van der Waals surface area contributed by atoms with E-state index in [4.69, 9.17) is 0 Å². The van der Waals surface area contributed by atoms with Crippen LogP contribution in [0.4, 0.5) is 0 Å². The molecular weight excluding hydrogens is 191 g/mol. The fraction of sp³-hybridized carbons (Fsp3) is 0.571. The van der Waals surface area contributed by atoms with Crippen LogP contribution in [0.15, 0.2) is 0 Å². The van der Waals surface area contributed by atoms with Gasteiger partial charge < -0.3 is 0 Å². The van der Waals surface area contributed by atoms with Gasteiger partial charge in [-0.3, -0.25) is 14.4 Å². The van der Waals surface area contributed by atoms with Crippen LogP contribution < -0.4 is 0 Å². The number of hydrogen-bond donors (Lipinski definition) is 0. The Morgan fingerprint density at radius 2 is 1.00 bits per heavy atom. The second kappa shape index (κ2) is 5.19. The van der Waals surface area contributed by atoms with Crippen molar-refractivity contribution >= 4 is 17.3 Å². The second-order valence-corrected chi connectivity index (χ2v) is 2.26. The van der Waals surface area contributed by atoms with Gasteiger partial charge in [-0.2, -0.15) is 0 Å². The average molecular weight is 201 g/mol. The molecule has 0 saturated heterocycles. The summed E-state index contributed by atoms with van der Waals surface area (Å²) in [5.74, 6) is -2.15. The van der Waals surface area contributed by atoms with Gasteiger partial charge in [0.25, 0.3) is 0 Å². The second-order valence-electron chi connectivity index (χ2n) is 2.26. The minimum absolute atomic E-state index is 0. The number of carbonyl (C=O) groups excluding carboxylic acids is 3. The van der Waals surface area contributed by atoms with Gasteiger partial charge in [0, 0.05) is 0 Å². The van der Waals surface area contributed by atoms with E-state index in [1.165, 1.54) is 20.8 Å². The SMILES string of the molecule is CC(=O)C(C(C)=O)C(C)=O.[Ni+2]. The molecule has 0 aromatic heterocycles. The van der Waals surface area contributed by atoms with Crippen LogP contribution >= 0.6 is 0 Å². The van der Waals surface area contributed by atoms with Crippen molar-refractivity contribution in [3.05, 3.63) is 0 Å². The molecule has 0 aromatic rings. The van der Waals surface area contributed by atoms with Crippen molar-refractivity contribution in [2.45, 2.75) is 20.8 Å². The molecule has 11 heavy (non-hydrogen) atoms. The molecule has 0 rings (SSSR count). The Bertz CT molecular complexity index is 153. The molecule has 0 aromatic carbocycles. The van der Waals surface area contributed by atoms with Crippen LogP contribution in [0.3, 0.4) is 0 Å². The van der Waals surface area contributed by atoms with Gasteiger partial charge in [0.2, 0.25) is 0 Å². The number of carbonyl (C=O) groups is 3. The summed E-state index contributed by atoms with van der Waals surface area (Å²) in [6, 6.07) is 0. The summed E-state index contributed by atoms with van der Waals surface area (Å²) in [6.45, 7) is 3.73. The third kappa shape index (κ3) is 4.04. The monoisotopic (exact) mass is 200 g/mol. The summed E-state index contributed by atoms with van der Waals surface area (Å²) < 4.78 is 0. The zero-order chi connectivity index (χ0) is 8.31. The minimum Gasteiger partial charge on any atom is -0.299 e. The molecule has 0 N–H and O–H groups in total. The van der Waals surface area contributed by atoms with E-state index in [0.717, 1.165) is 0 Å². The predicted molar refractivity (Wildman–Crippen MR) is 35.5 cm³/mol. The summed E-state index contributed by atoms with van der Waals surface area (Å²) in [6.07, 6.45) is 0. The van der Waals surface area contributed by atoms with Crippen LogP contribution in [0.1, 0.15) is 20.8 Å². The number of rotatable bonds is 3. The third-order valence-corrected chi connectivity index (χ3v) is 1.22. The molecule has 64 valence electrons. The Morgan fingerprint density at radius 1 is 0.818 bits per heavy atom. The Hall–Kier alpha value is -0.496. The summed E-state index contributed by atoms with van der Waals surface area (Å²) in [5, 5.41) is 0. The molecule has 0 unspecified atom stereocenters. The van der Waals surface area contributed by atoms with Crippen molar-refractivity contribution in [3.63, 3.8) is 0 Å². The predicted octanol–water partition coefficient (Wildman–Crippen LogP) is 0.367. The Balaban J connectivity index is 0. The molecular formula is C7H10NiO3+2. The minimum atomic E-state index is -1.03. The van der Waals surface area contributed by atoms with Gasteiger partial charge in [0.05, 0.1) is 0 Å². The van der Waals surface area contributed by atoms with Crippen LogP contribution in [0.5, 0.6) is 0 Å².